The van der Waals surface area contributed by atoms with E-state index in [0.717, 1.165) is 19.3 Å². The van der Waals surface area contributed by atoms with Gasteiger partial charge >= 0.3 is 0 Å². The zero-order valence-corrected chi connectivity index (χ0v) is 4.89. The van der Waals surface area contributed by atoms with E-state index in [1.165, 1.54) is 0 Å². The van der Waals surface area contributed by atoms with Crippen LogP contribution in [0, 0.1) is 5.92 Å². The summed E-state index contributed by atoms with van der Waals surface area (Å²) in [6, 6.07) is 0. The second-order valence-corrected chi connectivity index (χ2v) is 2.34. The Morgan fingerprint density at radius 2 is 2.38 bits per heavy atom. The molecular weight excluding hydrogens is 100 g/mol. The van der Waals surface area contributed by atoms with Crippen LogP contribution in [0.25, 0.3) is 0 Å². The first-order chi connectivity index (χ1) is 3.83. The van der Waals surface area contributed by atoms with Crippen LogP contribution in [-0.2, 0) is 4.79 Å². The number of Topliss-reactive ketones (excluding diaryl/α,β-unsaturated/α-hetero) is 1. The number of hydrogen-bond donors (Lipinski definition) is 0. The van der Waals surface area contributed by atoms with Gasteiger partial charge < -0.3 is 0 Å². The topological polar surface area (TPSA) is 17.1 Å². The Morgan fingerprint density at radius 1 is 1.75 bits per heavy atom. The van der Waals surface area contributed by atoms with Gasteiger partial charge in [-0.25, -0.2) is 0 Å². The van der Waals surface area contributed by atoms with Crippen LogP contribution in [-0.4, -0.2) is 5.78 Å². The summed E-state index contributed by atoms with van der Waals surface area (Å²) in [6.07, 6.45) is 4.50. The van der Waals surface area contributed by atoms with Crippen molar-refractivity contribution in [2.75, 3.05) is 0 Å². The van der Waals surface area contributed by atoms with Crippen LogP contribution in [0.4, 0.5) is 0 Å². The lowest BCUT2D eigenvalue weighted by Crippen LogP contribution is -2.22. The van der Waals surface area contributed by atoms with Gasteiger partial charge in [0.25, 0.3) is 0 Å². The van der Waals surface area contributed by atoms with Gasteiger partial charge in [0.2, 0.25) is 0 Å². The Bertz CT molecular complexity index is 105. The van der Waals surface area contributed by atoms with Crippen LogP contribution >= 0.6 is 0 Å². The number of ketones is 1. The van der Waals surface area contributed by atoms with Gasteiger partial charge in [0.05, 0.1) is 0 Å². The van der Waals surface area contributed by atoms with Gasteiger partial charge in [-0.15, -0.1) is 6.58 Å². The second-order valence-electron chi connectivity index (χ2n) is 2.34. The summed E-state index contributed by atoms with van der Waals surface area (Å²) in [6.45, 7) is 3.60. The average molecular weight is 110 g/mol. The summed E-state index contributed by atoms with van der Waals surface area (Å²) >= 11 is 0. The van der Waals surface area contributed by atoms with Gasteiger partial charge in [0, 0.05) is 12.8 Å². The molecule has 0 radical (unpaired) electrons. The maximum absolute atomic E-state index is 10.4. The van der Waals surface area contributed by atoms with E-state index in [9.17, 15) is 4.79 Å². The number of hydrogen-bond acceptors (Lipinski definition) is 1. The minimum absolute atomic E-state index is 0.414. The highest BCUT2D eigenvalue weighted by Gasteiger charge is 2.24. The van der Waals surface area contributed by atoms with Crippen molar-refractivity contribution in [1.82, 2.24) is 0 Å². The van der Waals surface area contributed by atoms with Crippen LogP contribution in [0.5, 0.6) is 0 Å². The van der Waals surface area contributed by atoms with Gasteiger partial charge in [-0.05, 0) is 12.3 Å². The molecule has 0 unspecified atom stereocenters. The van der Waals surface area contributed by atoms with Gasteiger partial charge in [-0.3, -0.25) is 4.79 Å². The summed E-state index contributed by atoms with van der Waals surface area (Å²) in [5, 5.41) is 0. The molecule has 8 heavy (non-hydrogen) atoms. The van der Waals surface area contributed by atoms with Crippen LogP contribution in [0.3, 0.4) is 0 Å². The van der Waals surface area contributed by atoms with Crippen molar-refractivity contribution in [2.45, 2.75) is 19.3 Å². The van der Waals surface area contributed by atoms with Crippen molar-refractivity contribution in [2.24, 2.45) is 5.92 Å². The lowest BCUT2D eigenvalue weighted by atomic mass is 9.82. The quantitative estimate of drug-likeness (QED) is 0.493. The average Bonchev–Trinajstić information content (AvgIpc) is 1.64. The van der Waals surface area contributed by atoms with E-state index in [-0.39, 0.29) is 0 Å². The largest absolute Gasteiger partial charge is 0.300 e. The summed E-state index contributed by atoms with van der Waals surface area (Å²) < 4.78 is 0. The molecule has 0 N–H and O–H groups in total. The Hall–Kier alpha value is -0.590. The molecule has 1 saturated carbocycles. The van der Waals surface area contributed by atoms with Crippen LogP contribution in [0.15, 0.2) is 12.7 Å². The SMILES string of the molecule is C=CCC1CC(=O)C1. The third-order valence-corrected chi connectivity index (χ3v) is 1.53. The summed E-state index contributed by atoms with van der Waals surface area (Å²) in [4.78, 5) is 10.4. The van der Waals surface area contributed by atoms with Crippen LogP contribution in [0.2, 0.25) is 0 Å². The van der Waals surface area contributed by atoms with E-state index in [0.29, 0.717) is 11.7 Å². The van der Waals surface area contributed by atoms with Crippen molar-refractivity contribution < 1.29 is 4.79 Å². The molecule has 0 aliphatic heterocycles. The number of rotatable bonds is 2. The van der Waals surface area contributed by atoms with Crippen molar-refractivity contribution >= 4 is 5.78 Å². The third kappa shape index (κ3) is 0.971. The van der Waals surface area contributed by atoms with E-state index in [2.05, 4.69) is 6.58 Å². The minimum atomic E-state index is 0.414. The van der Waals surface area contributed by atoms with Gasteiger partial charge in [-0.1, -0.05) is 6.08 Å². The summed E-state index contributed by atoms with van der Waals surface area (Å²) in [5.41, 5.74) is 0. The molecule has 0 aromatic heterocycles. The van der Waals surface area contributed by atoms with Crippen molar-refractivity contribution in [3.63, 3.8) is 0 Å². The van der Waals surface area contributed by atoms with Crippen molar-refractivity contribution in [3.05, 3.63) is 12.7 Å². The van der Waals surface area contributed by atoms with E-state index in [1.54, 1.807) is 0 Å². The van der Waals surface area contributed by atoms with Gasteiger partial charge in [0.1, 0.15) is 5.78 Å². The summed E-state index contributed by atoms with van der Waals surface area (Å²) in [7, 11) is 0. The van der Waals surface area contributed by atoms with Crippen molar-refractivity contribution in [1.29, 1.82) is 0 Å². The molecule has 0 amide bonds. The zero-order valence-electron chi connectivity index (χ0n) is 4.89. The molecule has 0 heterocycles. The molecule has 0 bridgehead atoms. The summed E-state index contributed by atoms with van der Waals surface area (Å²) in [5.74, 6) is 1.05. The Kier molecular flexibility index (Phi) is 1.47. The minimum Gasteiger partial charge on any atom is -0.300 e. The van der Waals surface area contributed by atoms with E-state index in [1.807, 2.05) is 6.08 Å². The fraction of sp³-hybridized carbons (Fsp3) is 0.571. The molecule has 1 aliphatic carbocycles. The lowest BCUT2D eigenvalue weighted by Gasteiger charge is -2.21. The van der Waals surface area contributed by atoms with E-state index in [4.69, 9.17) is 0 Å². The molecule has 44 valence electrons. The lowest BCUT2D eigenvalue weighted by molar-refractivity contribution is -0.126. The monoisotopic (exact) mass is 110 g/mol. The Balaban J connectivity index is 2.15. The van der Waals surface area contributed by atoms with E-state index < -0.39 is 0 Å². The molecule has 1 nitrogen and oxygen atoms in total. The van der Waals surface area contributed by atoms with Crippen molar-refractivity contribution in [3.8, 4) is 0 Å². The highest BCUT2D eigenvalue weighted by atomic mass is 16.1. The normalized spacial score (nSPS) is 20.2. The van der Waals surface area contributed by atoms with Crippen LogP contribution < -0.4 is 0 Å². The van der Waals surface area contributed by atoms with E-state index >= 15 is 0 Å². The fourth-order valence-corrected chi connectivity index (χ4v) is 0.987. The van der Waals surface area contributed by atoms with Gasteiger partial charge in [-0.2, -0.15) is 0 Å². The molecule has 0 atom stereocenters. The number of allylic oxidation sites excluding steroid dienone is 1. The highest BCUT2D eigenvalue weighted by Crippen LogP contribution is 2.25. The Morgan fingerprint density at radius 3 is 2.75 bits per heavy atom. The third-order valence-electron chi connectivity index (χ3n) is 1.53. The number of carbonyl (C=O) groups is 1. The molecular formula is C7H10O. The molecule has 1 heteroatoms. The first kappa shape index (κ1) is 5.54. The Labute approximate surface area is 49.4 Å². The molecule has 1 fully saturated rings. The van der Waals surface area contributed by atoms with Gasteiger partial charge in [0.15, 0.2) is 0 Å². The maximum atomic E-state index is 10.4. The molecule has 0 saturated heterocycles. The molecule has 0 aromatic rings. The smallest absolute Gasteiger partial charge is 0.133 e. The second kappa shape index (κ2) is 2.12. The maximum Gasteiger partial charge on any atom is 0.133 e. The molecule has 0 aromatic carbocycles. The standard InChI is InChI=1S/C7H10O/c1-2-3-6-4-7(8)5-6/h2,6H,1,3-5H2. The molecule has 1 rings (SSSR count). The first-order valence-corrected chi connectivity index (χ1v) is 2.95. The fourth-order valence-electron chi connectivity index (χ4n) is 0.987. The predicted octanol–water partition coefficient (Wildman–Crippen LogP) is 1.54. The predicted molar refractivity (Wildman–Crippen MR) is 32.5 cm³/mol. The number of carbonyl (C=O) groups excluding carboxylic acids is 1. The zero-order chi connectivity index (χ0) is 5.98. The van der Waals surface area contributed by atoms with Crippen LogP contribution in [0.1, 0.15) is 19.3 Å². The molecule has 1 aliphatic rings. The molecule has 0 spiro atoms. The first-order valence-electron chi connectivity index (χ1n) is 2.95. The highest BCUT2D eigenvalue weighted by molar-refractivity contribution is 5.84.